The van der Waals surface area contributed by atoms with Crippen LogP contribution in [0.4, 0.5) is 4.79 Å². The van der Waals surface area contributed by atoms with Crippen LogP contribution in [0.3, 0.4) is 0 Å². The topological polar surface area (TPSA) is 76.0 Å². The van der Waals surface area contributed by atoms with Crippen molar-refractivity contribution in [2.45, 2.75) is 39.2 Å². The number of aliphatic hydroxyl groups is 1. The molecule has 0 aromatic heterocycles. The second kappa shape index (κ2) is 6.72. The number of carbonyl (C=O) groups is 1. The molecule has 0 aliphatic carbocycles. The van der Waals surface area contributed by atoms with Crippen LogP contribution < -0.4 is 5.32 Å². The van der Waals surface area contributed by atoms with Crippen molar-refractivity contribution in [3.63, 3.8) is 0 Å². The Balaban J connectivity index is 2.13. The number of hydrogen-bond acceptors (Lipinski definition) is 4. The number of nitrogens with one attached hydrogen (secondary N) is 1. The summed E-state index contributed by atoms with van der Waals surface area (Å²) in [7, 11) is 0. The molecule has 0 radical (unpaired) electrons. The third kappa shape index (κ3) is 3.39. The molecule has 1 atom stereocenters. The van der Waals surface area contributed by atoms with Gasteiger partial charge in [-0.2, -0.15) is 0 Å². The van der Waals surface area contributed by atoms with Gasteiger partial charge in [-0.15, -0.1) is 0 Å². The van der Waals surface area contributed by atoms with E-state index < -0.39 is 11.6 Å². The van der Waals surface area contributed by atoms with Crippen molar-refractivity contribution >= 4 is 6.09 Å². The molecule has 2 aliphatic heterocycles. The molecule has 6 nitrogen and oxygen atoms in total. The Hall–Kier alpha value is -0.850. The van der Waals surface area contributed by atoms with Gasteiger partial charge in [0.25, 0.3) is 0 Å². The van der Waals surface area contributed by atoms with Gasteiger partial charge in [-0.3, -0.25) is 9.80 Å². The van der Waals surface area contributed by atoms with Gasteiger partial charge in [0.15, 0.2) is 0 Å². The highest BCUT2D eigenvalue weighted by molar-refractivity contribution is 5.66. The van der Waals surface area contributed by atoms with Crippen molar-refractivity contribution in [3.8, 4) is 0 Å². The molecule has 0 bridgehead atoms. The molecule has 0 aromatic carbocycles. The van der Waals surface area contributed by atoms with E-state index in [0.29, 0.717) is 19.0 Å². The van der Waals surface area contributed by atoms with E-state index in [1.807, 2.05) is 20.8 Å². The molecule has 0 aromatic rings. The Morgan fingerprint density at radius 1 is 1.27 bits per heavy atom. The highest BCUT2D eigenvalue weighted by atomic mass is 16.4. The zero-order chi connectivity index (χ0) is 16.4. The molecule has 1 amide bonds. The Labute approximate surface area is 133 Å². The zero-order valence-corrected chi connectivity index (χ0v) is 14.1. The molecule has 2 heterocycles. The van der Waals surface area contributed by atoms with Gasteiger partial charge < -0.3 is 15.5 Å². The van der Waals surface area contributed by atoms with E-state index in [0.717, 1.165) is 26.2 Å². The lowest BCUT2D eigenvalue weighted by molar-refractivity contribution is -0.0865. The van der Waals surface area contributed by atoms with Gasteiger partial charge in [0.1, 0.15) is 0 Å². The number of nitrogens with zero attached hydrogens (tertiary/aromatic N) is 2. The van der Waals surface area contributed by atoms with Crippen LogP contribution in [0.5, 0.6) is 0 Å². The smallest absolute Gasteiger partial charge is 0.407 e. The molecule has 1 unspecified atom stereocenters. The van der Waals surface area contributed by atoms with Gasteiger partial charge in [0.05, 0.1) is 12.1 Å². The summed E-state index contributed by atoms with van der Waals surface area (Å²) >= 11 is 0. The van der Waals surface area contributed by atoms with Gasteiger partial charge in [-0.25, -0.2) is 4.79 Å². The van der Waals surface area contributed by atoms with E-state index in [1.165, 1.54) is 17.7 Å². The van der Waals surface area contributed by atoms with Crippen LogP contribution in [0.15, 0.2) is 0 Å². The lowest BCUT2D eigenvalue weighted by atomic mass is 9.71. The minimum absolute atomic E-state index is 0.133. The van der Waals surface area contributed by atoms with Gasteiger partial charge in [0, 0.05) is 26.2 Å². The lowest BCUT2D eigenvalue weighted by Gasteiger charge is -2.55. The first-order valence-corrected chi connectivity index (χ1v) is 8.35. The Morgan fingerprint density at radius 3 is 2.41 bits per heavy atom. The first-order valence-electron chi connectivity index (χ1n) is 8.35. The minimum atomic E-state index is -0.925. The van der Waals surface area contributed by atoms with Crippen LogP contribution in [-0.2, 0) is 0 Å². The number of piperidine rings is 1. The van der Waals surface area contributed by atoms with Crippen molar-refractivity contribution in [1.82, 2.24) is 15.1 Å². The second-order valence-corrected chi connectivity index (χ2v) is 7.80. The summed E-state index contributed by atoms with van der Waals surface area (Å²) in [5.74, 6) is 0.675. The quantitative estimate of drug-likeness (QED) is 0.726. The van der Waals surface area contributed by atoms with Crippen LogP contribution in [0.1, 0.15) is 33.6 Å². The molecule has 2 aliphatic rings. The molecule has 128 valence electrons. The number of carboxylic acid groups (broad SMARTS) is 1. The number of aliphatic hydroxyl groups excluding tert-OH is 1. The molecule has 22 heavy (non-hydrogen) atoms. The number of amides is 1. The first kappa shape index (κ1) is 17.5. The fourth-order valence-corrected chi connectivity index (χ4v) is 3.87. The molecule has 2 rings (SSSR count). The fourth-order valence-electron chi connectivity index (χ4n) is 3.87. The summed E-state index contributed by atoms with van der Waals surface area (Å²) in [5.41, 5.74) is -1.04. The van der Waals surface area contributed by atoms with Crippen molar-refractivity contribution in [3.05, 3.63) is 0 Å². The standard InChI is InChI=1S/C16H31N3O3/c1-15(2,3)16(12-20)11-18(8-9-19(16)14(21)22)10-13-4-6-17-7-5-13/h13,17,20H,4-12H2,1-3H3,(H,21,22). The van der Waals surface area contributed by atoms with E-state index in [-0.39, 0.29) is 12.0 Å². The van der Waals surface area contributed by atoms with E-state index in [1.54, 1.807) is 0 Å². The summed E-state index contributed by atoms with van der Waals surface area (Å²) < 4.78 is 0. The van der Waals surface area contributed by atoms with Crippen LogP contribution >= 0.6 is 0 Å². The Morgan fingerprint density at radius 2 is 1.91 bits per heavy atom. The summed E-state index contributed by atoms with van der Waals surface area (Å²) in [4.78, 5) is 15.5. The highest BCUT2D eigenvalue weighted by Gasteiger charge is 2.51. The summed E-state index contributed by atoms with van der Waals surface area (Å²) in [5, 5.41) is 23.0. The van der Waals surface area contributed by atoms with Crippen LogP contribution in [0.2, 0.25) is 0 Å². The van der Waals surface area contributed by atoms with E-state index >= 15 is 0 Å². The number of rotatable bonds is 3. The molecule has 0 spiro atoms. The fraction of sp³-hybridized carbons (Fsp3) is 0.938. The Kier molecular flexibility index (Phi) is 5.35. The third-order valence-electron chi connectivity index (χ3n) is 5.51. The summed E-state index contributed by atoms with van der Waals surface area (Å²) in [6.07, 6.45) is 1.44. The monoisotopic (exact) mass is 313 g/mol. The largest absolute Gasteiger partial charge is 0.465 e. The van der Waals surface area contributed by atoms with E-state index in [2.05, 4.69) is 10.2 Å². The number of piperazine rings is 1. The Bertz CT molecular complexity index is 391. The predicted octanol–water partition coefficient (Wildman–Crippen LogP) is 1.06. The lowest BCUT2D eigenvalue weighted by Crippen LogP contribution is -2.71. The molecule has 2 fully saturated rings. The van der Waals surface area contributed by atoms with Crippen LogP contribution in [-0.4, -0.2) is 77.5 Å². The normalized spacial score (nSPS) is 28.8. The van der Waals surface area contributed by atoms with Crippen LogP contribution in [0.25, 0.3) is 0 Å². The first-order chi connectivity index (χ1) is 10.3. The zero-order valence-electron chi connectivity index (χ0n) is 14.1. The molecule has 3 N–H and O–H groups in total. The maximum atomic E-state index is 11.7. The van der Waals surface area contributed by atoms with Crippen LogP contribution in [0, 0.1) is 11.3 Å². The van der Waals surface area contributed by atoms with E-state index in [4.69, 9.17) is 0 Å². The molecular weight excluding hydrogens is 282 g/mol. The molecule has 2 saturated heterocycles. The average molecular weight is 313 g/mol. The minimum Gasteiger partial charge on any atom is -0.465 e. The van der Waals surface area contributed by atoms with E-state index in [9.17, 15) is 15.0 Å². The van der Waals surface area contributed by atoms with Gasteiger partial charge in [-0.1, -0.05) is 20.8 Å². The van der Waals surface area contributed by atoms with Crippen molar-refractivity contribution < 1.29 is 15.0 Å². The molecule has 0 saturated carbocycles. The van der Waals surface area contributed by atoms with Crippen molar-refractivity contribution in [2.75, 3.05) is 45.9 Å². The molecule has 6 heteroatoms. The second-order valence-electron chi connectivity index (χ2n) is 7.80. The highest BCUT2D eigenvalue weighted by Crippen LogP contribution is 2.38. The molecular formula is C16H31N3O3. The third-order valence-corrected chi connectivity index (χ3v) is 5.51. The number of hydrogen-bond donors (Lipinski definition) is 3. The van der Waals surface area contributed by atoms with Gasteiger partial charge in [0.2, 0.25) is 0 Å². The summed E-state index contributed by atoms with van der Waals surface area (Å²) in [6, 6.07) is 0. The SMILES string of the molecule is CC(C)(C)C1(CO)CN(CC2CCNCC2)CCN1C(=O)O. The maximum absolute atomic E-state index is 11.7. The van der Waals surface area contributed by atoms with Crippen molar-refractivity contribution in [1.29, 1.82) is 0 Å². The summed E-state index contributed by atoms with van der Waals surface area (Å²) in [6.45, 7) is 10.9. The predicted molar refractivity (Wildman–Crippen MR) is 86.0 cm³/mol. The maximum Gasteiger partial charge on any atom is 0.407 e. The van der Waals surface area contributed by atoms with Crippen molar-refractivity contribution in [2.24, 2.45) is 11.3 Å². The van der Waals surface area contributed by atoms with Gasteiger partial charge >= 0.3 is 6.09 Å². The average Bonchev–Trinajstić information content (AvgIpc) is 2.46. The van der Waals surface area contributed by atoms with Gasteiger partial charge in [-0.05, 0) is 37.3 Å².